The molecule has 1 radical (unpaired) electrons. The number of nitrogens with one attached hydrogen (secondary N) is 1. The van der Waals surface area contributed by atoms with Gasteiger partial charge in [0.1, 0.15) is 0 Å². The van der Waals surface area contributed by atoms with Crippen LogP contribution >= 0.6 is 15.9 Å². The number of carbonyl (C=O) groups is 1. The molecule has 0 heterocycles. The number of hydrogen-bond acceptors (Lipinski definition) is 1. The minimum atomic E-state index is 0.128. The fourth-order valence-corrected chi connectivity index (χ4v) is 0.759. The quantitative estimate of drug-likeness (QED) is 0.680. The molecule has 0 saturated heterocycles. The summed E-state index contributed by atoms with van der Waals surface area (Å²) >= 11 is 3.22. The van der Waals surface area contributed by atoms with Crippen molar-refractivity contribution in [3.8, 4) is 0 Å². The van der Waals surface area contributed by atoms with Gasteiger partial charge >= 0.3 is 0 Å². The predicted molar refractivity (Wildman–Crippen MR) is 46.0 cm³/mol. The van der Waals surface area contributed by atoms with E-state index in [2.05, 4.69) is 28.2 Å². The summed E-state index contributed by atoms with van der Waals surface area (Å²) < 4.78 is 0. The molecule has 0 saturated carbocycles. The first-order valence-corrected chi connectivity index (χ1v) is 4.55. The molecule has 10 heavy (non-hydrogen) atoms. The van der Waals surface area contributed by atoms with Crippen LogP contribution in [0.15, 0.2) is 0 Å². The molecule has 0 unspecified atom stereocenters. The summed E-state index contributed by atoms with van der Waals surface area (Å²) in [6, 6.07) is 0. The number of halogens is 1. The minimum absolute atomic E-state index is 0.128. The van der Waals surface area contributed by atoms with Crippen LogP contribution in [0.25, 0.3) is 0 Å². The Morgan fingerprint density at radius 2 is 2.30 bits per heavy atom. The number of rotatable bonds is 5. The number of carbonyl (C=O) groups excluding carboxylic acids is 1. The van der Waals surface area contributed by atoms with Gasteiger partial charge in [-0.05, 0) is 6.42 Å². The van der Waals surface area contributed by atoms with E-state index in [4.69, 9.17) is 0 Å². The lowest BCUT2D eigenvalue weighted by atomic mass is 10.2. The van der Waals surface area contributed by atoms with Crippen LogP contribution in [0.3, 0.4) is 0 Å². The summed E-state index contributed by atoms with van der Waals surface area (Å²) in [5, 5.41) is 3.58. The molecule has 2 nitrogen and oxygen atoms in total. The van der Waals surface area contributed by atoms with Crippen molar-refractivity contribution in [2.45, 2.75) is 19.3 Å². The maximum atomic E-state index is 10.8. The molecule has 0 rings (SSSR count). The Bertz CT molecular complexity index is 85.6. The Balaban J connectivity index is 3.09. The van der Waals surface area contributed by atoms with Crippen molar-refractivity contribution >= 4 is 21.8 Å². The van der Waals surface area contributed by atoms with Gasteiger partial charge < -0.3 is 5.32 Å². The lowest BCUT2D eigenvalue weighted by Gasteiger charge is -2.00. The van der Waals surface area contributed by atoms with Gasteiger partial charge in [-0.25, -0.2) is 0 Å². The highest BCUT2D eigenvalue weighted by Gasteiger charge is 1.96. The Labute approximate surface area is 70.5 Å². The first kappa shape index (κ1) is 9.95. The zero-order valence-electron chi connectivity index (χ0n) is 6.03. The molecule has 1 amide bonds. The van der Waals surface area contributed by atoms with E-state index < -0.39 is 0 Å². The van der Waals surface area contributed by atoms with Crippen LogP contribution in [0.2, 0.25) is 0 Å². The standard InChI is InChI=1S/C7H13BrNO/c1-2-3-4-7(10)9-6-5-8/h1-6H2,(H,9,10). The van der Waals surface area contributed by atoms with E-state index in [0.29, 0.717) is 6.42 Å². The highest BCUT2D eigenvalue weighted by atomic mass is 79.9. The van der Waals surface area contributed by atoms with Crippen molar-refractivity contribution in [1.29, 1.82) is 0 Å². The predicted octanol–water partition coefficient (Wildman–Crippen LogP) is 1.50. The second kappa shape index (κ2) is 7.06. The fourth-order valence-electron chi connectivity index (χ4n) is 0.561. The van der Waals surface area contributed by atoms with Gasteiger partial charge in [-0.2, -0.15) is 0 Å². The molecule has 0 aliphatic rings. The third kappa shape index (κ3) is 6.08. The van der Waals surface area contributed by atoms with Crippen LogP contribution in [0.1, 0.15) is 19.3 Å². The average molecular weight is 207 g/mol. The highest BCUT2D eigenvalue weighted by Crippen LogP contribution is 1.92. The van der Waals surface area contributed by atoms with E-state index in [0.717, 1.165) is 24.7 Å². The fraction of sp³-hybridized carbons (Fsp3) is 0.714. The molecule has 0 bridgehead atoms. The first-order valence-electron chi connectivity index (χ1n) is 3.43. The van der Waals surface area contributed by atoms with Crippen molar-refractivity contribution in [2.24, 2.45) is 0 Å². The third-order valence-electron chi connectivity index (χ3n) is 1.07. The van der Waals surface area contributed by atoms with Crippen molar-refractivity contribution in [1.82, 2.24) is 5.32 Å². The molecule has 3 heteroatoms. The van der Waals surface area contributed by atoms with Crippen molar-refractivity contribution in [3.05, 3.63) is 6.92 Å². The lowest BCUT2D eigenvalue weighted by molar-refractivity contribution is -0.121. The molecule has 0 spiro atoms. The van der Waals surface area contributed by atoms with Gasteiger partial charge in [0.2, 0.25) is 5.91 Å². The molecule has 0 aromatic heterocycles. The number of amides is 1. The average Bonchev–Trinajstić information content (AvgIpc) is 1.97. The molecule has 59 valence electrons. The Kier molecular flexibility index (Phi) is 7.03. The summed E-state index contributed by atoms with van der Waals surface area (Å²) in [4.78, 5) is 10.8. The minimum Gasteiger partial charge on any atom is -0.355 e. The van der Waals surface area contributed by atoms with E-state index in [1.54, 1.807) is 0 Å². The topological polar surface area (TPSA) is 29.1 Å². The number of alkyl halides is 1. The number of hydrogen-bond donors (Lipinski definition) is 1. The first-order chi connectivity index (χ1) is 4.81. The SMILES string of the molecule is [CH2]CCCC(=O)NCCBr. The van der Waals surface area contributed by atoms with Gasteiger partial charge in [-0.3, -0.25) is 4.79 Å². The molecular weight excluding hydrogens is 194 g/mol. The molecule has 0 aromatic rings. The molecule has 0 fully saturated rings. The Morgan fingerprint density at radius 1 is 1.60 bits per heavy atom. The second-order valence-corrected chi connectivity index (χ2v) is 2.79. The summed E-state index contributed by atoms with van der Waals surface area (Å²) in [7, 11) is 0. The highest BCUT2D eigenvalue weighted by molar-refractivity contribution is 9.09. The molecule has 0 aliphatic heterocycles. The Morgan fingerprint density at radius 3 is 2.80 bits per heavy atom. The zero-order chi connectivity index (χ0) is 7.82. The van der Waals surface area contributed by atoms with Crippen LogP contribution in [-0.2, 0) is 4.79 Å². The van der Waals surface area contributed by atoms with Gasteiger partial charge in [0.15, 0.2) is 0 Å². The van der Waals surface area contributed by atoms with E-state index in [1.807, 2.05) is 0 Å². The van der Waals surface area contributed by atoms with E-state index in [9.17, 15) is 4.79 Å². The largest absolute Gasteiger partial charge is 0.355 e. The maximum Gasteiger partial charge on any atom is 0.220 e. The summed E-state index contributed by atoms with van der Waals surface area (Å²) in [5.74, 6) is 0.128. The monoisotopic (exact) mass is 206 g/mol. The van der Waals surface area contributed by atoms with Crippen LogP contribution in [-0.4, -0.2) is 17.8 Å². The maximum absolute atomic E-state index is 10.8. The van der Waals surface area contributed by atoms with Crippen LogP contribution in [0, 0.1) is 6.92 Å². The Hall–Kier alpha value is -0.0500. The molecule has 0 atom stereocenters. The molecular formula is C7H13BrNO. The van der Waals surface area contributed by atoms with E-state index in [1.165, 1.54) is 0 Å². The van der Waals surface area contributed by atoms with E-state index in [-0.39, 0.29) is 5.91 Å². The van der Waals surface area contributed by atoms with Gasteiger partial charge in [0, 0.05) is 18.3 Å². The second-order valence-electron chi connectivity index (χ2n) is 2.00. The molecule has 0 aromatic carbocycles. The lowest BCUT2D eigenvalue weighted by Crippen LogP contribution is -2.24. The van der Waals surface area contributed by atoms with Crippen LogP contribution in [0.5, 0.6) is 0 Å². The normalized spacial score (nSPS) is 9.40. The van der Waals surface area contributed by atoms with Gasteiger partial charge in [-0.1, -0.05) is 29.3 Å². The van der Waals surface area contributed by atoms with Crippen LogP contribution in [0.4, 0.5) is 0 Å². The summed E-state index contributed by atoms with van der Waals surface area (Å²) in [5.41, 5.74) is 0. The van der Waals surface area contributed by atoms with Crippen molar-refractivity contribution in [3.63, 3.8) is 0 Å². The smallest absolute Gasteiger partial charge is 0.220 e. The summed E-state index contributed by atoms with van der Waals surface area (Å²) in [6.45, 7) is 4.37. The zero-order valence-corrected chi connectivity index (χ0v) is 7.61. The van der Waals surface area contributed by atoms with Crippen molar-refractivity contribution in [2.75, 3.05) is 11.9 Å². The van der Waals surface area contributed by atoms with Gasteiger partial charge in [0.05, 0.1) is 0 Å². The summed E-state index contributed by atoms with van der Waals surface area (Å²) in [6.07, 6.45) is 2.33. The third-order valence-corrected chi connectivity index (χ3v) is 1.47. The van der Waals surface area contributed by atoms with E-state index >= 15 is 0 Å². The number of unbranched alkanes of at least 4 members (excludes halogenated alkanes) is 1. The molecule has 0 aliphatic carbocycles. The van der Waals surface area contributed by atoms with Gasteiger partial charge in [0.25, 0.3) is 0 Å². The van der Waals surface area contributed by atoms with Crippen LogP contribution < -0.4 is 5.32 Å². The van der Waals surface area contributed by atoms with Crippen molar-refractivity contribution < 1.29 is 4.79 Å². The molecule has 1 N–H and O–H groups in total. The van der Waals surface area contributed by atoms with Gasteiger partial charge in [-0.15, -0.1) is 0 Å².